The van der Waals surface area contributed by atoms with E-state index < -0.39 is 11.7 Å². The van der Waals surface area contributed by atoms with Crippen LogP contribution in [0, 0.1) is 11.8 Å². The standard InChI is InChI=1S/C28H27ClN2O2/c1-28(33)16-18-31(20-27(28)32)17-2-3-21-4-6-22(7-5-21)8-14-26-15-11-24(19-30-26)23-9-12-25(29)13-10-23/h2-7,9-13,15,19,27,32-33H,16-18,20H2,1H3/b3-2+/t27?,28-/m1/s1. The van der Waals surface area contributed by atoms with Crippen LogP contribution in [-0.4, -0.2) is 51.4 Å². The van der Waals surface area contributed by atoms with Crippen molar-refractivity contribution in [3.8, 4) is 23.0 Å². The molecule has 0 bridgehead atoms. The molecule has 0 spiro atoms. The largest absolute Gasteiger partial charge is 0.389 e. The zero-order chi connectivity index (χ0) is 23.3. The lowest BCUT2D eigenvalue weighted by molar-refractivity contribution is -0.105. The summed E-state index contributed by atoms with van der Waals surface area (Å²) >= 11 is 5.95. The summed E-state index contributed by atoms with van der Waals surface area (Å²) in [7, 11) is 0. The number of benzene rings is 2. The Balaban J connectivity index is 1.32. The third kappa shape index (κ3) is 6.31. The van der Waals surface area contributed by atoms with E-state index in [0.29, 0.717) is 18.0 Å². The van der Waals surface area contributed by atoms with E-state index in [1.165, 1.54) is 0 Å². The molecule has 1 aliphatic rings. The van der Waals surface area contributed by atoms with E-state index in [4.69, 9.17) is 11.6 Å². The van der Waals surface area contributed by atoms with Crippen LogP contribution in [0.1, 0.15) is 30.2 Å². The molecule has 5 heteroatoms. The van der Waals surface area contributed by atoms with Crippen molar-refractivity contribution in [2.45, 2.75) is 25.0 Å². The Labute approximate surface area is 200 Å². The van der Waals surface area contributed by atoms with E-state index in [0.717, 1.165) is 41.0 Å². The molecular formula is C28H27ClN2O2. The van der Waals surface area contributed by atoms with Crippen LogP contribution in [0.15, 0.2) is 72.9 Å². The van der Waals surface area contributed by atoms with Gasteiger partial charge in [0.15, 0.2) is 0 Å². The van der Waals surface area contributed by atoms with Crippen molar-refractivity contribution < 1.29 is 10.2 Å². The Kier molecular flexibility index (Phi) is 7.27. The van der Waals surface area contributed by atoms with Crippen LogP contribution in [-0.2, 0) is 0 Å². The molecule has 1 saturated heterocycles. The summed E-state index contributed by atoms with van der Waals surface area (Å²) in [5, 5.41) is 20.8. The van der Waals surface area contributed by atoms with Gasteiger partial charge in [0.2, 0.25) is 0 Å². The van der Waals surface area contributed by atoms with Gasteiger partial charge in [0.25, 0.3) is 0 Å². The molecule has 4 rings (SSSR count). The normalized spacial score (nSPS) is 21.0. The number of likely N-dealkylation sites (tertiary alicyclic amines) is 1. The van der Waals surface area contributed by atoms with E-state index >= 15 is 0 Å². The van der Waals surface area contributed by atoms with Crippen molar-refractivity contribution in [3.63, 3.8) is 0 Å². The van der Waals surface area contributed by atoms with Crippen LogP contribution in [0.25, 0.3) is 17.2 Å². The average Bonchev–Trinajstić information content (AvgIpc) is 2.82. The molecule has 2 heterocycles. The number of aliphatic hydroxyl groups is 2. The lowest BCUT2D eigenvalue weighted by atomic mass is 9.91. The first-order valence-corrected chi connectivity index (χ1v) is 11.4. The molecule has 1 unspecified atom stereocenters. The molecule has 168 valence electrons. The van der Waals surface area contributed by atoms with Gasteiger partial charge >= 0.3 is 0 Å². The van der Waals surface area contributed by atoms with Gasteiger partial charge in [-0.05, 0) is 60.7 Å². The summed E-state index contributed by atoms with van der Waals surface area (Å²) < 4.78 is 0. The number of halogens is 1. The van der Waals surface area contributed by atoms with Crippen molar-refractivity contribution in [1.82, 2.24) is 9.88 Å². The zero-order valence-corrected chi connectivity index (χ0v) is 19.3. The first-order chi connectivity index (χ1) is 15.9. The summed E-state index contributed by atoms with van der Waals surface area (Å²) in [6.45, 7) is 3.70. The van der Waals surface area contributed by atoms with E-state index in [1.54, 1.807) is 6.92 Å². The van der Waals surface area contributed by atoms with Crippen LogP contribution in [0.4, 0.5) is 0 Å². The molecule has 1 aliphatic heterocycles. The zero-order valence-electron chi connectivity index (χ0n) is 18.6. The summed E-state index contributed by atoms with van der Waals surface area (Å²) in [5.74, 6) is 6.28. The van der Waals surface area contributed by atoms with Gasteiger partial charge in [0.1, 0.15) is 5.69 Å². The second kappa shape index (κ2) is 10.3. The Morgan fingerprint density at radius 2 is 1.79 bits per heavy atom. The monoisotopic (exact) mass is 458 g/mol. The molecule has 0 radical (unpaired) electrons. The fourth-order valence-electron chi connectivity index (χ4n) is 3.68. The van der Waals surface area contributed by atoms with Crippen molar-refractivity contribution in [1.29, 1.82) is 0 Å². The van der Waals surface area contributed by atoms with Gasteiger partial charge in [-0.1, -0.05) is 60.0 Å². The molecule has 3 aromatic rings. The topological polar surface area (TPSA) is 56.6 Å². The molecule has 2 N–H and O–H groups in total. The van der Waals surface area contributed by atoms with Crippen molar-refractivity contribution in [2.75, 3.05) is 19.6 Å². The number of rotatable bonds is 4. The fourth-order valence-corrected chi connectivity index (χ4v) is 3.81. The van der Waals surface area contributed by atoms with Crippen molar-refractivity contribution >= 4 is 17.7 Å². The first kappa shape index (κ1) is 23.2. The fraction of sp³-hybridized carbons (Fsp3) is 0.250. The van der Waals surface area contributed by atoms with Crippen molar-refractivity contribution in [3.05, 3.63) is 94.8 Å². The first-order valence-electron chi connectivity index (χ1n) is 11.0. The molecule has 33 heavy (non-hydrogen) atoms. The van der Waals surface area contributed by atoms with Crippen LogP contribution in [0.2, 0.25) is 5.02 Å². The smallest absolute Gasteiger partial charge is 0.113 e. The summed E-state index contributed by atoms with van der Waals surface area (Å²) in [6.07, 6.45) is 5.84. The van der Waals surface area contributed by atoms with Crippen LogP contribution in [0.3, 0.4) is 0 Å². The van der Waals surface area contributed by atoms with E-state index in [2.05, 4.69) is 33.9 Å². The Hall–Kier alpha value is -2.94. The number of hydrogen-bond acceptors (Lipinski definition) is 4. The maximum atomic E-state index is 10.1. The SMILES string of the molecule is C[C@@]1(O)CCN(C/C=C/c2ccc(C#Cc3ccc(-c4ccc(Cl)cc4)cn3)cc2)CC1O. The quantitative estimate of drug-likeness (QED) is 0.559. The van der Waals surface area contributed by atoms with E-state index in [9.17, 15) is 10.2 Å². The number of piperidine rings is 1. The van der Waals surface area contributed by atoms with Gasteiger partial charge in [-0.15, -0.1) is 0 Å². The molecule has 1 fully saturated rings. The highest BCUT2D eigenvalue weighted by Gasteiger charge is 2.35. The minimum Gasteiger partial charge on any atom is -0.389 e. The number of pyridine rings is 1. The molecule has 2 aromatic carbocycles. The lowest BCUT2D eigenvalue weighted by Gasteiger charge is -2.39. The maximum absolute atomic E-state index is 10.1. The predicted octanol–water partition coefficient (Wildman–Crippen LogP) is 4.63. The van der Waals surface area contributed by atoms with Crippen LogP contribution in [0.5, 0.6) is 0 Å². The summed E-state index contributed by atoms with van der Waals surface area (Å²) in [6, 6.07) is 19.7. The number of aliphatic hydroxyl groups excluding tert-OH is 1. The molecule has 2 atom stereocenters. The van der Waals surface area contributed by atoms with Gasteiger partial charge in [-0.25, -0.2) is 4.98 Å². The number of hydrogen-bond donors (Lipinski definition) is 2. The van der Waals surface area contributed by atoms with Crippen LogP contribution >= 0.6 is 11.6 Å². The highest BCUT2D eigenvalue weighted by molar-refractivity contribution is 6.30. The molecule has 0 aliphatic carbocycles. The molecular weight excluding hydrogens is 432 g/mol. The minimum atomic E-state index is -0.981. The van der Waals surface area contributed by atoms with Crippen LogP contribution < -0.4 is 0 Å². The van der Waals surface area contributed by atoms with E-state index in [1.807, 2.05) is 66.9 Å². The second-order valence-corrected chi connectivity index (χ2v) is 9.03. The highest BCUT2D eigenvalue weighted by atomic mass is 35.5. The molecule has 0 amide bonds. The maximum Gasteiger partial charge on any atom is 0.113 e. The third-order valence-electron chi connectivity index (χ3n) is 5.94. The number of β-amino-alcohol motifs (C(OH)–C–C–N with tert-alkyl or cyclic N) is 1. The van der Waals surface area contributed by atoms with Gasteiger partial charge in [0.05, 0.1) is 11.7 Å². The number of aromatic nitrogens is 1. The van der Waals surface area contributed by atoms with Gasteiger partial charge < -0.3 is 10.2 Å². The van der Waals surface area contributed by atoms with Gasteiger partial charge in [-0.3, -0.25) is 4.90 Å². The molecule has 1 aromatic heterocycles. The summed E-state index contributed by atoms with van der Waals surface area (Å²) in [5.41, 5.74) is 3.86. The molecule has 0 saturated carbocycles. The third-order valence-corrected chi connectivity index (χ3v) is 6.20. The highest BCUT2D eigenvalue weighted by Crippen LogP contribution is 2.22. The Morgan fingerprint density at radius 3 is 2.45 bits per heavy atom. The second-order valence-electron chi connectivity index (χ2n) is 8.60. The van der Waals surface area contributed by atoms with Gasteiger partial charge in [-0.2, -0.15) is 0 Å². The van der Waals surface area contributed by atoms with Gasteiger partial charge in [0, 0.05) is 42.0 Å². The van der Waals surface area contributed by atoms with E-state index in [-0.39, 0.29) is 0 Å². The molecule has 4 nitrogen and oxygen atoms in total. The predicted molar refractivity (Wildman–Crippen MR) is 134 cm³/mol. The average molecular weight is 459 g/mol. The Bertz CT molecular complexity index is 1160. The summed E-state index contributed by atoms with van der Waals surface area (Å²) in [4.78, 5) is 6.60. The lowest BCUT2D eigenvalue weighted by Crippen LogP contribution is -2.53. The Morgan fingerprint density at radius 1 is 1.06 bits per heavy atom. The number of nitrogens with zero attached hydrogens (tertiary/aromatic N) is 2. The van der Waals surface area contributed by atoms with Crippen molar-refractivity contribution in [2.24, 2.45) is 0 Å². The minimum absolute atomic E-state index is 0.487.